The summed E-state index contributed by atoms with van der Waals surface area (Å²) in [7, 11) is 5.37. The van der Waals surface area contributed by atoms with Gasteiger partial charge in [0.15, 0.2) is 5.96 Å². The third-order valence-corrected chi connectivity index (χ3v) is 5.61. The van der Waals surface area contributed by atoms with Crippen LogP contribution in [0.1, 0.15) is 34.3 Å². The van der Waals surface area contributed by atoms with Crippen LogP contribution in [0, 0.1) is 0 Å². The normalized spacial score (nSPS) is 16.7. The number of carbonyl (C=O) groups is 1. The predicted octanol–water partition coefficient (Wildman–Crippen LogP) is 3.38. The highest BCUT2D eigenvalue weighted by Gasteiger charge is 2.20. The molecule has 6 nitrogen and oxygen atoms in total. The van der Waals surface area contributed by atoms with E-state index in [1.54, 1.807) is 19.0 Å². The largest absolute Gasteiger partial charge is 0.356 e. The molecule has 0 radical (unpaired) electrons. The smallest absolute Gasteiger partial charge is 0.253 e. The first-order valence-corrected chi connectivity index (χ1v) is 11.1. The molecule has 3 rings (SSSR count). The van der Waals surface area contributed by atoms with Crippen LogP contribution in [0.15, 0.2) is 59.6 Å². The van der Waals surface area contributed by atoms with Crippen molar-refractivity contribution >= 4 is 35.8 Å². The molecule has 2 N–H and O–H groups in total. The average Bonchev–Trinajstić information content (AvgIpc) is 2.79. The highest BCUT2D eigenvalue weighted by molar-refractivity contribution is 14.0. The summed E-state index contributed by atoms with van der Waals surface area (Å²) < 4.78 is 0. The lowest BCUT2D eigenvalue weighted by Crippen LogP contribution is -2.51. The fourth-order valence-corrected chi connectivity index (χ4v) is 3.99. The average molecular weight is 550 g/mol. The molecule has 0 saturated carbocycles. The van der Waals surface area contributed by atoms with Gasteiger partial charge in [0.05, 0.1) is 0 Å². The summed E-state index contributed by atoms with van der Waals surface area (Å²) in [4.78, 5) is 20.7. The molecule has 0 aliphatic carbocycles. The zero-order valence-electron chi connectivity index (χ0n) is 19.4. The topological polar surface area (TPSA) is 60.0 Å². The van der Waals surface area contributed by atoms with Gasteiger partial charge in [0, 0.05) is 52.4 Å². The van der Waals surface area contributed by atoms with Crippen LogP contribution < -0.4 is 10.6 Å². The van der Waals surface area contributed by atoms with Gasteiger partial charge >= 0.3 is 0 Å². The summed E-state index contributed by atoms with van der Waals surface area (Å²) in [6.07, 6.45) is 3.18. The Morgan fingerprint density at radius 1 is 1.12 bits per heavy atom. The molecule has 1 heterocycles. The van der Waals surface area contributed by atoms with Crippen molar-refractivity contribution in [2.75, 3.05) is 40.8 Å². The van der Waals surface area contributed by atoms with Gasteiger partial charge in [-0.2, -0.15) is 0 Å². The summed E-state index contributed by atoms with van der Waals surface area (Å²) in [6, 6.07) is 18.9. The van der Waals surface area contributed by atoms with E-state index in [-0.39, 0.29) is 29.9 Å². The predicted molar refractivity (Wildman–Crippen MR) is 143 cm³/mol. The van der Waals surface area contributed by atoms with Gasteiger partial charge in [-0.3, -0.25) is 14.7 Å². The molecule has 1 atom stereocenters. The second kappa shape index (κ2) is 13.4. The quantitative estimate of drug-likeness (QED) is 0.316. The number of hydrogen-bond acceptors (Lipinski definition) is 3. The highest BCUT2D eigenvalue weighted by Crippen LogP contribution is 2.14. The number of aliphatic imine (C=N–C) groups is 1. The van der Waals surface area contributed by atoms with Gasteiger partial charge in [-0.25, -0.2) is 0 Å². The third-order valence-electron chi connectivity index (χ3n) is 5.61. The van der Waals surface area contributed by atoms with Gasteiger partial charge in [0.1, 0.15) is 0 Å². The molecule has 2 aromatic rings. The van der Waals surface area contributed by atoms with Crippen LogP contribution in [0.3, 0.4) is 0 Å². The van der Waals surface area contributed by atoms with Crippen molar-refractivity contribution < 1.29 is 4.79 Å². The lowest BCUT2D eigenvalue weighted by molar-refractivity contribution is 0.0827. The molecule has 1 unspecified atom stereocenters. The molecule has 0 aromatic heterocycles. The number of hydrogen-bond donors (Lipinski definition) is 2. The number of guanidine groups is 1. The minimum absolute atomic E-state index is 0. The Kier molecular flexibility index (Phi) is 11.0. The monoisotopic (exact) mass is 549 g/mol. The van der Waals surface area contributed by atoms with Gasteiger partial charge < -0.3 is 15.5 Å². The van der Waals surface area contributed by atoms with Crippen molar-refractivity contribution in [1.82, 2.24) is 20.4 Å². The van der Waals surface area contributed by atoms with Crippen LogP contribution in [0.4, 0.5) is 0 Å². The molecule has 1 aliphatic heterocycles. The number of nitrogens with zero attached hydrogens (tertiary/aromatic N) is 3. The Labute approximate surface area is 209 Å². The lowest BCUT2D eigenvalue weighted by atomic mass is 10.0. The maximum absolute atomic E-state index is 12.2. The maximum Gasteiger partial charge on any atom is 0.253 e. The molecule has 7 heteroatoms. The number of carbonyl (C=O) groups excluding carboxylic acids is 1. The Hall–Kier alpha value is -2.13. The number of halogens is 1. The molecule has 1 aliphatic rings. The first-order valence-electron chi connectivity index (χ1n) is 11.1. The Morgan fingerprint density at radius 2 is 1.88 bits per heavy atom. The second-order valence-corrected chi connectivity index (χ2v) is 8.35. The van der Waals surface area contributed by atoms with Crippen LogP contribution in [0.2, 0.25) is 0 Å². The van der Waals surface area contributed by atoms with Crippen LogP contribution in [-0.2, 0) is 13.0 Å². The molecule has 1 fully saturated rings. The molecular weight excluding hydrogens is 513 g/mol. The van der Waals surface area contributed by atoms with Gasteiger partial charge in [0.2, 0.25) is 0 Å². The molecule has 0 bridgehead atoms. The van der Waals surface area contributed by atoms with E-state index in [1.807, 2.05) is 25.2 Å². The zero-order valence-corrected chi connectivity index (χ0v) is 21.7. The van der Waals surface area contributed by atoms with Crippen LogP contribution in [-0.4, -0.2) is 68.5 Å². The molecular formula is C25H36IN5O. The summed E-state index contributed by atoms with van der Waals surface area (Å²) in [5, 5.41) is 7.01. The van der Waals surface area contributed by atoms with E-state index >= 15 is 0 Å². The Balaban J connectivity index is 0.00000363. The summed E-state index contributed by atoms with van der Waals surface area (Å²) in [5.74, 6) is 0.872. The van der Waals surface area contributed by atoms with E-state index in [9.17, 15) is 4.79 Å². The van der Waals surface area contributed by atoms with Crippen LogP contribution in [0.5, 0.6) is 0 Å². The van der Waals surface area contributed by atoms with Crippen molar-refractivity contribution in [3.63, 3.8) is 0 Å². The van der Waals surface area contributed by atoms with Crippen molar-refractivity contribution in [3.05, 3.63) is 71.3 Å². The van der Waals surface area contributed by atoms with Gasteiger partial charge in [-0.05, 0) is 49.1 Å². The van der Waals surface area contributed by atoms with Crippen molar-refractivity contribution in [2.24, 2.45) is 4.99 Å². The minimum Gasteiger partial charge on any atom is -0.356 e. The van der Waals surface area contributed by atoms with Gasteiger partial charge in [-0.1, -0.05) is 42.5 Å². The maximum atomic E-state index is 12.2. The van der Waals surface area contributed by atoms with Crippen LogP contribution in [0.25, 0.3) is 0 Å². The van der Waals surface area contributed by atoms with Crippen LogP contribution >= 0.6 is 24.0 Å². The van der Waals surface area contributed by atoms with E-state index in [0.29, 0.717) is 6.04 Å². The molecule has 174 valence electrons. The summed E-state index contributed by atoms with van der Waals surface area (Å²) in [5.41, 5.74) is 3.23. The minimum atomic E-state index is 0. The molecule has 2 aromatic carbocycles. The fraction of sp³-hybridized carbons (Fsp3) is 0.440. The number of likely N-dealkylation sites (tertiary alicyclic amines) is 1. The molecule has 1 amide bonds. The van der Waals surface area contributed by atoms with E-state index in [2.05, 4.69) is 56.9 Å². The Morgan fingerprint density at radius 3 is 2.59 bits per heavy atom. The number of nitrogens with one attached hydrogen (secondary N) is 2. The standard InChI is InChI=1S/C25H35N5O.HI/c1-26-25(27-15-14-20-11-7-12-22(17-20)24(31)29(2)3)28-23-13-8-16-30(19-23)18-21-9-5-4-6-10-21;/h4-7,9-12,17,23H,8,13-16,18-19H2,1-3H3,(H2,26,27,28);1H. The zero-order chi connectivity index (χ0) is 22.1. The number of benzene rings is 2. The third kappa shape index (κ3) is 8.09. The van der Waals surface area contributed by atoms with E-state index in [4.69, 9.17) is 0 Å². The molecule has 1 saturated heterocycles. The SMILES string of the molecule is CN=C(NCCc1cccc(C(=O)N(C)C)c1)NC1CCCN(Cc2ccccc2)C1.I. The Bertz CT molecular complexity index is 872. The van der Waals surface area contributed by atoms with E-state index in [0.717, 1.165) is 56.1 Å². The number of rotatable bonds is 7. The van der Waals surface area contributed by atoms with Gasteiger partial charge in [0.25, 0.3) is 5.91 Å². The molecule has 32 heavy (non-hydrogen) atoms. The van der Waals surface area contributed by atoms with Gasteiger partial charge in [-0.15, -0.1) is 24.0 Å². The summed E-state index contributed by atoms with van der Waals surface area (Å²) in [6.45, 7) is 3.91. The van der Waals surface area contributed by atoms with Crippen molar-refractivity contribution in [1.29, 1.82) is 0 Å². The highest BCUT2D eigenvalue weighted by atomic mass is 127. The lowest BCUT2D eigenvalue weighted by Gasteiger charge is -2.34. The van der Waals surface area contributed by atoms with Crippen molar-refractivity contribution in [3.8, 4) is 0 Å². The van der Waals surface area contributed by atoms with E-state index in [1.165, 1.54) is 12.0 Å². The molecule has 0 spiro atoms. The second-order valence-electron chi connectivity index (χ2n) is 8.35. The fourth-order valence-electron chi connectivity index (χ4n) is 3.99. The van der Waals surface area contributed by atoms with Crippen molar-refractivity contribution in [2.45, 2.75) is 31.8 Å². The first kappa shape index (κ1) is 26.1. The number of piperidine rings is 1. The van der Waals surface area contributed by atoms with E-state index < -0.39 is 0 Å². The summed E-state index contributed by atoms with van der Waals surface area (Å²) >= 11 is 0. The first-order chi connectivity index (χ1) is 15.0. The number of amides is 1.